The summed E-state index contributed by atoms with van der Waals surface area (Å²) in [5, 5.41) is 0. The van der Waals surface area contributed by atoms with E-state index >= 15 is 0 Å². The van der Waals surface area contributed by atoms with Gasteiger partial charge in [0.25, 0.3) is 0 Å². The lowest BCUT2D eigenvalue weighted by Crippen LogP contribution is -2.25. The second kappa shape index (κ2) is 5.29. The average Bonchev–Trinajstić information content (AvgIpc) is 1.88. The van der Waals surface area contributed by atoms with Gasteiger partial charge in [-0.3, -0.25) is 4.79 Å². The van der Waals surface area contributed by atoms with E-state index in [1.165, 1.54) is 0 Å². The topological polar surface area (TPSA) is 43.4 Å². The first-order chi connectivity index (χ1) is 5.13. The zero-order valence-corrected chi connectivity index (χ0v) is 8.13. The fraction of sp³-hybridized carbons (Fsp3) is 0.714. The van der Waals surface area contributed by atoms with Gasteiger partial charge in [0.05, 0.1) is 6.61 Å². The maximum absolute atomic E-state index is 10.9. The Balaban J connectivity index is 4.03. The van der Waals surface area contributed by atoms with Gasteiger partial charge >= 0.3 is 5.97 Å². The van der Waals surface area contributed by atoms with Gasteiger partial charge in [-0.15, -0.1) is 0 Å². The maximum Gasteiger partial charge on any atom is 0.317 e. The van der Waals surface area contributed by atoms with E-state index in [1.807, 2.05) is 0 Å². The molecule has 0 aromatic rings. The summed E-state index contributed by atoms with van der Waals surface area (Å²) in [6.07, 6.45) is 0.595. The molecule has 11 heavy (non-hydrogen) atoms. The van der Waals surface area contributed by atoms with Crippen LogP contribution in [-0.2, 0) is 14.3 Å². The van der Waals surface area contributed by atoms with E-state index in [9.17, 15) is 9.59 Å². The highest BCUT2D eigenvalue weighted by molar-refractivity contribution is 9.09. The molecule has 0 N–H and O–H groups in total. The van der Waals surface area contributed by atoms with E-state index in [0.29, 0.717) is 12.9 Å². The van der Waals surface area contributed by atoms with Crippen LogP contribution in [-0.4, -0.2) is 23.7 Å². The number of rotatable bonds is 4. The highest BCUT2D eigenvalue weighted by atomic mass is 79.9. The molecule has 0 amide bonds. The lowest BCUT2D eigenvalue weighted by atomic mass is 10.1. The standard InChI is InChI=1S/C7H11BrO3/c1-3-11-7(10)6(4-9)5(2)8/h4-6H,3H2,1-2H3. The summed E-state index contributed by atoms with van der Waals surface area (Å²) >= 11 is 3.14. The van der Waals surface area contributed by atoms with E-state index in [1.54, 1.807) is 13.8 Å². The minimum absolute atomic E-state index is 0.168. The van der Waals surface area contributed by atoms with Crippen molar-refractivity contribution in [3.63, 3.8) is 0 Å². The quantitative estimate of drug-likeness (QED) is 0.310. The Labute approximate surface area is 74.2 Å². The normalized spacial score (nSPS) is 15.2. The molecular weight excluding hydrogens is 212 g/mol. The SMILES string of the molecule is CCOC(=O)C(C=O)C(C)Br. The molecule has 2 atom stereocenters. The third-order valence-electron chi connectivity index (χ3n) is 1.20. The van der Waals surface area contributed by atoms with Crippen LogP contribution >= 0.6 is 15.9 Å². The van der Waals surface area contributed by atoms with E-state index in [2.05, 4.69) is 20.7 Å². The first-order valence-electron chi connectivity index (χ1n) is 3.39. The number of ether oxygens (including phenoxy) is 1. The van der Waals surface area contributed by atoms with E-state index in [-0.39, 0.29) is 4.83 Å². The van der Waals surface area contributed by atoms with Gasteiger partial charge in [-0.05, 0) is 6.92 Å². The molecule has 64 valence electrons. The summed E-state index contributed by atoms with van der Waals surface area (Å²) < 4.78 is 4.66. The van der Waals surface area contributed by atoms with Crippen molar-refractivity contribution in [3.05, 3.63) is 0 Å². The Hall–Kier alpha value is -0.380. The number of aldehydes is 1. The number of hydrogen-bond donors (Lipinski definition) is 0. The van der Waals surface area contributed by atoms with Crippen LogP contribution < -0.4 is 0 Å². The predicted octanol–water partition coefficient (Wildman–Crippen LogP) is 1.15. The number of carbonyl (C=O) groups excluding carboxylic acids is 2. The number of carbonyl (C=O) groups is 2. The molecule has 0 saturated heterocycles. The number of halogens is 1. The van der Waals surface area contributed by atoms with Crippen LogP contribution in [0.5, 0.6) is 0 Å². The number of alkyl halides is 1. The lowest BCUT2D eigenvalue weighted by Gasteiger charge is -2.10. The van der Waals surface area contributed by atoms with Crippen LogP contribution in [0.15, 0.2) is 0 Å². The second-order valence-corrected chi connectivity index (χ2v) is 3.54. The molecule has 0 radical (unpaired) electrons. The summed E-state index contributed by atoms with van der Waals surface area (Å²) in [4.78, 5) is 21.1. The van der Waals surface area contributed by atoms with Crippen LogP contribution in [0.2, 0.25) is 0 Å². The van der Waals surface area contributed by atoms with Gasteiger partial charge in [-0.2, -0.15) is 0 Å². The van der Waals surface area contributed by atoms with Crippen molar-refractivity contribution in [1.82, 2.24) is 0 Å². The van der Waals surface area contributed by atoms with Gasteiger partial charge in [0.2, 0.25) is 0 Å². The zero-order chi connectivity index (χ0) is 8.85. The van der Waals surface area contributed by atoms with Gasteiger partial charge in [0.1, 0.15) is 12.2 Å². The first-order valence-corrected chi connectivity index (χ1v) is 4.31. The Morgan fingerprint density at radius 2 is 2.27 bits per heavy atom. The van der Waals surface area contributed by atoms with Crippen LogP contribution in [0.1, 0.15) is 13.8 Å². The molecule has 0 rings (SSSR count). The predicted molar refractivity (Wildman–Crippen MR) is 44.6 cm³/mol. The number of esters is 1. The largest absolute Gasteiger partial charge is 0.465 e. The Morgan fingerprint density at radius 3 is 2.55 bits per heavy atom. The van der Waals surface area contributed by atoms with Crippen molar-refractivity contribution >= 4 is 28.2 Å². The van der Waals surface area contributed by atoms with Crippen molar-refractivity contribution in [2.45, 2.75) is 18.7 Å². The molecule has 0 fully saturated rings. The van der Waals surface area contributed by atoms with Crippen LogP contribution in [0.4, 0.5) is 0 Å². The molecular formula is C7H11BrO3. The van der Waals surface area contributed by atoms with Crippen LogP contribution in [0.25, 0.3) is 0 Å². The highest BCUT2D eigenvalue weighted by Gasteiger charge is 2.23. The molecule has 2 unspecified atom stereocenters. The number of hydrogen-bond acceptors (Lipinski definition) is 3. The average molecular weight is 223 g/mol. The lowest BCUT2D eigenvalue weighted by molar-refractivity contribution is -0.149. The summed E-state index contributed by atoms with van der Waals surface area (Å²) in [5.74, 6) is -1.15. The molecule has 0 aliphatic heterocycles. The molecule has 3 nitrogen and oxygen atoms in total. The minimum Gasteiger partial charge on any atom is -0.465 e. The van der Waals surface area contributed by atoms with E-state index in [0.717, 1.165) is 0 Å². The molecule has 0 saturated carbocycles. The van der Waals surface area contributed by atoms with Gasteiger partial charge in [-0.1, -0.05) is 22.9 Å². The molecule has 0 heterocycles. The molecule has 0 aliphatic carbocycles. The monoisotopic (exact) mass is 222 g/mol. The zero-order valence-electron chi connectivity index (χ0n) is 6.54. The van der Waals surface area contributed by atoms with Crippen molar-refractivity contribution in [2.24, 2.45) is 5.92 Å². The first kappa shape index (κ1) is 10.6. The van der Waals surface area contributed by atoms with Gasteiger partial charge in [-0.25, -0.2) is 0 Å². The third kappa shape index (κ3) is 3.51. The van der Waals surface area contributed by atoms with Crippen molar-refractivity contribution in [2.75, 3.05) is 6.61 Å². The fourth-order valence-electron chi connectivity index (χ4n) is 0.590. The smallest absolute Gasteiger partial charge is 0.317 e. The Kier molecular flexibility index (Phi) is 5.11. The van der Waals surface area contributed by atoms with Gasteiger partial charge < -0.3 is 9.53 Å². The molecule has 0 aliphatic rings. The Bertz CT molecular complexity index is 145. The fourth-order valence-corrected chi connectivity index (χ4v) is 0.930. The van der Waals surface area contributed by atoms with E-state index in [4.69, 9.17) is 0 Å². The molecule has 0 bridgehead atoms. The maximum atomic E-state index is 10.9. The molecule has 4 heteroatoms. The van der Waals surface area contributed by atoms with Gasteiger partial charge in [0.15, 0.2) is 0 Å². The molecule has 0 spiro atoms. The van der Waals surface area contributed by atoms with E-state index < -0.39 is 11.9 Å². The summed E-state index contributed by atoms with van der Waals surface area (Å²) in [5.41, 5.74) is 0. The van der Waals surface area contributed by atoms with Crippen LogP contribution in [0.3, 0.4) is 0 Å². The molecule has 0 aromatic carbocycles. The Morgan fingerprint density at radius 1 is 1.73 bits per heavy atom. The highest BCUT2D eigenvalue weighted by Crippen LogP contribution is 2.11. The third-order valence-corrected chi connectivity index (χ3v) is 1.77. The second-order valence-electron chi connectivity index (χ2n) is 2.09. The summed E-state index contributed by atoms with van der Waals surface area (Å²) in [6, 6.07) is 0. The van der Waals surface area contributed by atoms with Gasteiger partial charge in [0, 0.05) is 4.83 Å². The van der Waals surface area contributed by atoms with Crippen LogP contribution in [0, 0.1) is 5.92 Å². The van der Waals surface area contributed by atoms with Crippen molar-refractivity contribution < 1.29 is 14.3 Å². The van der Waals surface area contributed by atoms with Crippen molar-refractivity contribution in [1.29, 1.82) is 0 Å². The van der Waals surface area contributed by atoms with Crippen molar-refractivity contribution in [3.8, 4) is 0 Å². The molecule has 0 aromatic heterocycles. The minimum atomic E-state index is -0.685. The summed E-state index contributed by atoms with van der Waals surface area (Å²) in [7, 11) is 0. The summed E-state index contributed by atoms with van der Waals surface area (Å²) in [6.45, 7) is 3.75.